The van der Waals surface area contributed by atoms with Gasteiger partial charge < -0.3 is 5.32 Å². The predicted octanol–water partition coefficient (Wildman–Crippen LogP) is 3.78. The maximum absolute atomic E-state index is 11.1. The molecule has 1 saturated carbocycles. The summed E-state index contributed by atoms with van der Waals surface area (Å²) in [5, 5.41) is 14.3. The maximum Gasteiger partial charge on any atom is 0.311 e. The van der Waals surface area contributed by atoms with Crippen LogP contribution in [0.1, 0.15) is 37.8 Å². The quantitative estimate of drug-likeness (QED) is 0.661. The fourth-order valence-electron chi connectivity index (χ4n) is 2.72. The normalized spacial score (nSPS) is 17.7. The Hall–Kier alpha value is -1.30. The van der Waals surface area contributed by atoms with E-state index in [9.17, 15) is 10.1 Å². The first kappa shape index (κ1) is 15.1. The molecule has 0 amide bonds. The van der Waals surface area contributed by atoms with E-state index in [2.05, 4.69) is 16.6 Å². The number of pyridine rings is 1. The highest BCUT2D eigenvalue weighted by atomic mass is 32.2. The Kier molecular flexibility index (Phi) is 4.86. The number of nitrogens with one attached hydrogen (secondary N) is 1. The highest BCUT2D eigenvalue weighted by Gasteiger charge is 2.31. The zero-order valence-electron chi connectivity index (χ0n) is 12.0. The van der Waals surface area contributed by atoms with Crippen molar-refractivity contribution in [2.75, 3.05) is 18.1 Å². The summed E-state index contributed by atoms with van der Waals surface area (Å²) >= 11 is 1.87. The number of nitro groups is 1. The summed E-state index contributed by atoms with van der Waals surface area (Å²) < 4.78 is 0.192. The number of aryl methyl sites for hydroxylation is 1. The Labute approximate surface area is 123 Å². The molecule has 1 aliphatic rings. The van der Waals surface area contributed by atoms with Gasteiger partial charge in [-0.3, -0.25) is 10.1 Å². The molecule has 2 rings (SSSR count). The Morgan fingerprint density at radius 3 is 2.70 bits per heavy atom. The van der Waals surface area contributed by atoms with E-state index in [-0.39, 0.29) is 15.4 Å². The number of thioether (sulfide) groups is 1. The molecule has 0 radical (unpaired) electrons. The Morgan fingerprint density at radius 2 is 2.10 bits per heavy atom. The highest BCUT2D eigenvalue weighted by Crippen LogP contribution is 2.39. The number of rotatable bonds is 5. The summed E-state index contributed by atoms with van der Waals surface area (Å²) in [7, 11) is 0. The monoisotopic (exact) mass is 295 g/mol. The molecule has 0 unspecified atom stereocenters. The molecule has 0 aromatic carbocycles. The first-order valence-electron chi connectivity index (χ1n) is 6.97. The van der Waals surface area contributed by atoms with Gasteiger partial charge >= 0.3 is 5.69 Å². The van der Waals surface area contributed by atoms with Gasteiger partial charge in [-0.2, -0.15) is 11.8 Å². The number of hydrogen-bond donors (Lipinski definition) is 1. The zero-order chi connectivity index (χ0) is 14.6. The van der Waals surface area contributed by atoms with E-state index in [1.54, 1.807) is 6.07 Å². The fraction of sp³-hybridized carbons (Fsp3) is 0.643. The molecular formula is C14H21N3O2S. The van der Waals surface area contributed by atoms with Crippen LogP contribution < -0.4 is 5.32 Å². The lowest BCUT2D eigenvalue weighted by Crippen LogP contribution is -2.35. The fourth-order valence-corrected chi connectivity index (χ4v) is 3.63. The van der Waals surface area contributed by atoms with Gasteiger partial charge in [-0.05, 0) is 32.1 Å². The largest absolute Gasteiger partial charge is 0.363 e. The predicted molar refractivity (Wildman–Crippen MR) is 83.4 cm³/mol. The molecule has 1 N–H and O–H groups in total. The van der Waals surface area contributed by atoms with E-state index in [1.165, 1.54) is 38.2 Å². The molecule has 1 aliphatic carbocycles. The van der Waals surface area contributed by atoms with Gasteiger partial charge in [0, 0.05) is 23.1 Å². The summed E-state index contributed by atoms with van der Waals surface area (Å²) in [6, 6.07) is 3.20. The van der Waals surface area contributed by atoms with Crippen LogP contribution in [0.3, 0.4) is 0 Å². The van der Waals surface area contributed by atoms with Crippen molar-refractivity contribution in [3.63, 3.8) is 0 Å². The first-order valence-corrected chi connectivity index (χ1v) is 8.20. The molecular weight excluding hydrogens is 274 g/mol. The van der Waals surface area contributed by atoms with E-state index in [0.717, 1.165) is 12.2 Å². The second-order valence-corrected chi connectivity index (χ2v) is 6.65. The molecule has 0 spiro atoms. The molecule has 0 bridgehead atoms. The van der Waals surface area contributed by atoms with Crippen molar-refractivity contribution in [1.29, 1.82) is 0 Å². The lowest BCUT2D eigenvalue weighted by atomic mass is 9.88. The topological polar surface area (TPSA) is 68.1 Å². The summed E-state index contributed by atoms with van der Waals surface area (Å²) in [5.41, 5.74) is 0.850. The van der Waals surface area contributed by atoms with Gasteiger partial charge in [0.1, 0.15) is 0 Å². The van der Waals surface area contributed by atoms with Gasteiger partial charge in [-0.1, -0.05) is 19.3 Å². The van der Waals surface area contributed by atoms with Crippen LogP contribution in [-0.2, 0) is 0 Å². The van der Waals surface area contributed by atoms with Gasteiger partial charge in [0.25, 0.3) is 0 Å². The minimum absolute atomic E-state index is 0.0580. The van der Waals surface area contributed by atoms with E-state index in [1.807, 2.05) is 18.7 Å². The van der Waals surface area contributed by atoms with Gasteiger partial charge in [-0.25, -0.2) is 4.98 Å². The second kappa shape index (κ2) is 6.43. The average Bonchev–Trinajstić information content (AvgIpc) is 2.46. The molecule has 1 aromatic heterocycles. The third-order valence-corrected chi connectivity index (χ3v) is 5.40. The molecule has 20 heavy (non-hydrogen) atoms. The van der Waals surface area contributed by atoms with E-state index >= 15 is 0 Å². The van der Waals surface area contributed by atoms with Crippen LogP contribution in [0.15, 0.2) is 12.1 Å². The summed E-state index contributed by atoms with van der Waals surface area (Å²) in [6.45, 7) is 2.59. The number of nitrogens with zero attached hydrogens (tertiary/aromatic N) is 2. The van der Waals surface area contributed by atoms with Crippen LogP contribution in [0, 0.1) is 17.0 Å². The van der Waals surface area contributed by atoms with Crippen molar-refractivity contribution in [2.24, 2.45) is 0 Å². The minimum Gasteiger partial charge on any atom is -0.363 e. The van der Waals surface area contributed by atoms with Gasteiger partial charge in [0.15, 0.2) is 0 Å². The maximum atomic E-state index is 11.1. The molecule has 0 saturated heterocycles. The van der Waals surface area contributed by atoms with Gasteiger partial charge in [-0.15, -0.1) is 0 Å². The van der Waals surface area contributed by atoms with Crippen molar-refractivity contribution < 1.29 is 4.92 Å². The second-order valence-electron chi connectivity index (χ2n) is 5.38. The average molecular weight is 295 g/mol. The van der Waals surface area contributed by atoms with Crippen LogP contribution in [0.25, 0.3) is 0 Å². The lowest BCUT2D eigenvalue weighted by molar-refractivity contribution is -0.384. The number of hydrogen-bond acceptors (Lipinski definition) is 5. The Bertz CT molecular complexity index is 487. The van der Waals surface area contributed by atoms with E-state index < -0.39 is 0 Å². The molecule has 6 heteroatoms. The van der Waals surface area contributed by atoms with Crippen molar-refractivity contribution in [2.45, 2.75) is 43.8 Å². The highest BCUT2D eigenvalue weighted by molar-refractivity contribution is 8.00. The Balaban J connectivity index is 2.13. The number of aromatic nitrogens is 1. The minimum atomic E-state index is -0.374. The van der Waals surface area contributed by atoms with Crippen LogP contribution in [0.2, 0.25) is 0 Å². The SMILES string of the molecule is CSC1(CNc2nc(C)ccc2[N+](=O)[O-])CCCCC1. The van der Waals surface area contributed by atoms with Gasteiger partial charge in [0.05, 0.1) is 4.92 Å². The third-order valence-electron chi connectivity index (χ3n) is 3.99. The van der Waals surface area contributed by atoms with Crippen molar-refractivity contribution in [3.05, 3.63) is 27.9 Å². The van der Waals surface area contributed by atoms with Gasteiger partial charge in [0.2, 0.25) is 5.82 Å². The molecule has 1 fully saturated rings. The molecule has 0 atom stereocenters. The van der Waals surface area contributed by atoms with Crippen LogP contribution in [-0.4, -0.2) is 27.5 Å². The van der Waals surface area contributed by atoms with E-state index in [0.29, 0.717) is 5.82 Å². The summed E-state index contributed by atoms with van der Waals surface area (Å²) in [5.74, 6) is 0.397. The smallest absolute Gasteiger partial charge is 0.311 e. The zero-order valence-corrected chi connectivity index (χ0v) is 12.8. The third kappa shape index (κ3) is 3.42. The molecule has 5 nitrogen and oxygen atoms in total. The Morgan fingerprint density at radius 1 is 1.40 bits per heavy atom. The van der Waals surface area contributed by atoms with Crippen LogP contribution >= 0.6 is 11.8 Å². The molecule has 1 aromatic rings. The van der Waals surface area contributed by atoms with Crippen molar-refractivity contribution in [1.82, 2.24) is 4.98 Å². The number of anilines is 1. The lowest BCUT2D eigenvalue weighted by Gasteiger charge is -2.35. The van der Waals surface area contributed by atoms with E-state index in [4.69, 9.17) is 0 Å². The van der Waals surface area contributed by atoms with Crippen LogP contribution in [0.5, 0.6) is 0 Å². The molecule has 110 valence electrons. The molecule has 1 heterocycles. The van der Waals surface area contributed by atoms with Crippen LogP contribution in [0.4, 0.5) is 11.5 Å². The van der Waals surface area contributed by atoms with Crippen molar-refractivity contribution >= 4 is 23.3 Å². The standard InChI is InChI=1S/C14H21N3O2S/c1-11-6-7-12(17(18)19)13(16-11)15-10-14(20-2)8-4-3-5-9-14/h6-7H,3-5,8-10H2,1-2H3,(H,15,16). The van der Waals surface area contributed by atoms with Crippen molar-refractivity contribution in [3.8, 4) is 0 Å². The molecule has 0 aliphatic heterocycles. The summed E-state index contributed by atoms with van der Waals surface area (Å²) in [4.78, 5) is 15.0. The first-order chi connectivity index (χ1) is 9.56. The summed E-state index contributed by atoms with van der Waals surface area (Å²) in [6.07, 6.45) is 8.25.